The zero-order valence-corrected chi connectivity index (χ0v) is 10.8. The second-order valence-corrected chi connectivity index (χ2v) is 5.51. The Hall–Kier alpha value is -0.450. The Kier molecular flexibility index (Phi) is 4.32. The molecule has 2 rings (SSSR count). The number of hydrogen-bond donors (Lipinski definition) is 1. The van der Waals surface area contributed by atoms with E-state index < -0.39 is 0 Å². The Morgan fingerprint density at radius 3 is 3.25 bits per heavy atom. The molecular weight excluding hydrogens is 220 g/mol. The highest BCUT2D eigenvalue weighted by Crippen LogP contribution is 2.18. The van der Waals surface area contributed by atoms with Crippen LogP contribution in [0.2, 0.25) is 0 Å². The smallest absolute Gasteiger partial charge is 0.0965 e. The van der Waals surface area contributed by atoms with E-state index >= 15 is 0 Å². The van der Waals surface area contributed by atoms with Gasteiger partial charge in [-0.05, 0) is 19.8 Å². The summed E-state index contributed by atoms with van der Waals surface area (Å²) in [4.78, 5) is 4.35. The van der Waals surface area contributed by atoms with E-state index in [9.17, 15) is 0 Å². The molecule has 16 heavy (non-hydrogen) atoms. The van der Waals surface area contributed by atoms with Gasteiger partial charge in [-0.1, -0.05) is 6.92 Å². The first-order valence-electron chi connectivity index (χ1n) is 6.00. The van der Waals surface area contributed by atoms with Gasteiger partial charge in [-0.2, -0.15) is 0 Å². The van der Waals surface area contributed by atoms with Gasteiger partial charge in [-0.15, -0.1) is 11.3 Å². The number of ether oxygens (including phenoxy) is 1. The van der Waals surface area contributed by atoms with Crippen LogP contribution in [-0.4, -0.2) is 30.3 Å². The summed E-state index contributed by atoms with van der Waals surface area (Å²) >= 11 is 1.74. The number of aromatic nitrogens is 1. The van der Waals surface area contributed by atoms with Gasteiger partial charge in [0.25, 0.3) is 0 Å². The molecule has 90 valence electrons. The first-order chi connectivity index (χ1) is 7.75. The standard InChI is InChI=1S/C12H20N2OS/c1-9(12-13-4-6-16-12)8-14-11-3-5-15-10(2)7-11/h4,6,9-11,14H,3,5,7-8H2,1-2H3. The Bertz CT molecular complexity index is 302. The van der Waals surface area contributed by atoms with Crippen LogP contribution >= 0.6 is 11.3 Å². The zero-order valence-electron chi connectivity index (χ0n) is 9.98. The predicted molar refractivity (Wildman–Crippen MR) is 67.0 cm³/mol. The molecule has 1 N–H and O–H groups in total. The van der Waals surface area contributed by atoms with E-state index in [1.54, 1.807) is 11.3 Å². The molecular formula is C12H20N2OS. The number of nitrogens with zero attached hydrogens (tertiary/aromatic N) is 1. The third-order valence-corrected chi connectivity index (χ3v) is 4.08. The summed E-state index contributed by atoms with van der Waals surface area (Å²) in [6, 6.07) is 0.617. The lowest BCUT2D eigenvalue weighted by Gasteiger charge is -2.28. The van der Waals surface area contributed by atoms with Gasteiger partial charge in [0.05, 0.1) is 11.1 Å². The van der Waals surface area contributed by atoms with E-state index in [2.05, 4.69) is 24.1 Å². The van der Waals surface area contributed by atoms with Crippen molar-refractivity contribution in [2.45, 2.75) is 44.8 Å². The lowest BCUT2D eigenvalue weighted by molar-refractivity contribution is 0.0132. The van der Waals surface area contributed by atoms with Crippen LogP contribution in [0.1, 0.15) is 37.6 Å². The molecule has 1 aliphatic rings. The van der Waals surface area contributed by atoms with E-state index in [1.807, 2.05) is 11.6 Å². The Balaban J connectivity index is 1.74. The van der Waals surface area contributed by atoms with Gasteiger partial charge in [0.15, 0.2) is 0 Å². The van der Waals surface area contributed by atoms with Crippen molar-refractivity contribution >= 4 is 11.3 Å². The molecule has 3 atom stereocenters. The molecule has 0 bridgehead atoms. The summed E-state index contributed by atoms with van der Waals surface area (Å²) in [6.45, 7) is 6.29. The fourth-order valence-corrected chi connectivity index (χ4v) is 2.79. The molecule has 1 aromatic heterocycles. The molecule has 1 aromatic rings. The Morgan fingerprint density at radius 2 is 2.56 bits per heavy atom. The Morgan fingerprint density at radius 1 is 1.69 bits per heavy atom. The van der Waals surface area contributed by atoms with Crippen LogP contribution in [0.3, 0.4) is 0 Å². The van der Waals surface area contributed by atoms with Gasteiger partial charge in [-0.3, -0.25) is 0 Å². The molecule has 0 radical (unpaired) electrons. The van der Waals surface area contributed by atoms with Gasteiger partial charge >= 0.3 is 0 Å². The molecule has 1 fully saturated rings. The van der Waals surface area contributed by atoms with Crippen molar-refractivity contribution in [3.63, 3.8) is 0 Å². The quantitative estimate of drug-likeness (QED) is 0.877. The second-order valence-electron chi connectivity index (χ2n) is 4.58. The van der Waals surface area contributed by atoms with Gasteiger partial charge in [-0.25, -0.2) is 4.98 Å². The number of nitrogens with one attached hydrogen (secondary N) is 1. The highest BCUT2D eigenvalue weighted by atomic mass is 32.1. The van der Waals surface area contributed by atoms with E-state index in [-0.39, 0.29) is 0 Å². The zero-order chi connectivity index (χ0) is 11.4. The Labute approximate surface area is 101 Å². The van der Waals surface area contributed by atoms with Gasteiger partial charge in [0.2, 0.25) is 0 Å². The van der Waals surface area contributed by atoms with Crippen LogP contribution in [0.4, 0.5) is 0 Å². The predicted octanol–water partition coefficient (Wildman–Crippen LogP) is 2.40. The largest absolute Gasteiger partial charge is 0.378 e. The van der Waals surface area contributed by atoms with Crippen LogP contribution in [0.5, 0.6) is 0 Å². The average Bonchev–Trinajstić information content (AvgIpc) is 2.79. The van der Waals surface area contributed by atoms with E-state index in [4.69, 9.17) is 4.74 Å². The molecule has 1 aliphatic heterocycles. The van der Waals surface area contributed by atoms with Crippen LogP contribution in [-0.2, 0) is 4.74 Å². The van der Waals surface area contributed by atoms with Crippen LogP contribution < -0.4 is 5.32 Å². The molecule has 0 amide bonds. The van der Waals surface area contributed by atoms with E-state index in [0.717, 1.165) is 26.0 Å². The maximum absolute atomic E-state index is 5.54. The van der Waals surface area contributed by atoms with Crippen molar-refractivity contribution < 1.29 is 4.74 Å². The first kappa shape index (κ1) is 12.0. The van der Waals surface area contributed by atoms with Gasteiger partial charge < -0.3 is 10.1 Å². The second kappa shape index (κ2) is 5.75. The lowest BCUT2D eigenvalue weighted by atomic mass is 10.0. The highest BCUT2D eigenvalue weighted by Gasteiger charge is 2.19. The normalized spacial score (nSPS) is 27.9. The molecule has 4 heteroatoms. The van der Waals surface area contributed by atoms with Gasteiger partial charge in [0, 0.05) is 36.7 Å². The van der Waals surface area contributed by atoms with E-state index in [0.29, 0.717) is 18.1 Å². The summed E-state index contributed by atoms with van der Waals surface area (Å²) in [5.41, 5.74) is 0. The lowest BCUT2D eigenvalue weighted by Crippen LogP contribution is -2.39. The van der Waals surface area contributed by atoms with Crippen LogP contribution in [0.15, 0.2) is 11.6 Å². The van der Waals surface area contributed by atoms with Crippen molar-refractivity contribution in [2.75, 3.05) is 13.2 Å². The highest BCUT2D eigenvalue weighted by molar-refractivity contribution is 7.09. The topological polar surface area (TPSA) is 34.2 Å². The third-order valence-electron chi connectivity index (χ3n) is 3.07. The molecule has 0 spiro atoms. The first-order valence-corrected chi connectivity index (χ1v) is 6.88. The van der Waals surface area contributed by atoms with Gasteiger partial charge in [0.1, 0.15) is 0 Å². The van der Waals surface area contributed by atoms with Crippen molar-refractivity contribution in [3.8, 4) is 0 Å². The average molecular weight is 240 g/mol. The number of rotatable bonds is 4. The maximum atomic E-state index is 5.54. The van der Waals surface area contributed by atoms with Crippen molar-refractivity contribution in [3.05, 3.63) is 16.6 Å². The summed E-state index contributed by atoms with van der Waals surface area (Å²) in [6.07, 6.45) is 4.55. The SMILES string of the molecule is CC1CC(NCC(C)c2nccs2)CCO1. The summed E-state index contributed by atoms with van der Waals surface area (Å²) in [7, 11) is 0. The minimum atomic E-state index is 0.404. The summed E-state index contributed by atoms with van der Waals surface area (Å²) < 4.78 is 5.54. The minimum Gasteiger partial charge on any atom is -0.378 e. The van der Waals surface area contributed by atoms with Crippen LogP contribution in [0, 0.1) is 0 Å². The monoisotopic (exact) mass is 240 g/mol. The minimum absolute atomic E-state index is 0.404. The molecule has 2 heterocycles. The molecule has 3 nitrogen and oxygen atoms in total. The summed E-state index contributed by atoms with van der Waals surface area (Å²) in [5, 5.41) is 6.90. The molecule has 1 saturated heterocycles. The number of thiazole rings is 1. The molecule has 3 unspecified atom stereocenters. The molecule has 0 aromatic carbocycles. The summed E-state index contributed by atoms with van der Waals surface area (Å²) in [5.74, 6) is 0.512. The fraction of sp³-hybridized carbons (Fsp3) is 0.750. The molecule has 0 saturated carbocycles. The van der Waals surface area contributed by atoms with Crippen LogP contribution in [0.25, 0.3) is 0 Å². The van der Waals surface area contributed by atoms with Crippen molar-refractivity contribution in [2.24, 2.45) is 0 Å². The molecule has 0 aliphatic carbocycles. The third kappa shape index (κ3) is 3.27. The number of hydrogen-bond acceptors (Lipinski definition) is 4. The maximum Gasteiger partial charge on any atom is 0.0965 e. The van der Waals surface area contributed by atoms with Crippen molar-refractivity contribution in [1.82, 2.24) is 10.3 Å². The van der Waals surface area contributed by atoms with E-state index in [1.165, 1.54) is 5.01 Å². The van der Waals surface area contributed by atoms with Crippen molar-refractivity contribution in [1.29, 1.82) is 0 Å². The fourth-order valence-electron chi connectivity index (χ4n) is 2.09.